The predicted octanol–water partition coefficient (Wildman–Crippen LogP) is 2.68. The van der Waals surface area contributed by atoms with Crippen LogP contribution in [0.2, 0.25) is 5.15 Å². The van der Waals surface area contributed by atoms with E-state index in [0.29, 0.717) is 16.6 Å². The van der Waals surface area contributed by atoms with Gasteiger partial charge in [-0.2, -0.15) is 0 Å². The average Bonchev–Trinajstić information content (AvgIpc) is 2.78. The van der Waals surface area contributed by atoms with Crippen molar-refractivity contribution in [2.75, 3.05) is 16.4 Å². The molecule has 2 fully saturated rings. The lowest BCUT2D eigenvalue weighted by Gasteiger charge is -2.19. The Morgan fingerprint density at radius 2 is 1.78 bits per heavy atom. The summed E-state index contributed by atoms with van der Waals surface area (Å²) in [6.45, 7) is 1.92. The van der Waals surface area contributed by atoms with Crippen molar-refractivity contribution in [2.24, 2.45) is 0 Å². The van der Waals surface area contributed by atoms with E-state index in [-0.39, 0.29) is 22.3 Å². The van der Waals surface area contributed by atoms with Gasteiger partial charge in [0, 0.05) is 16.9 Å². The fourth-order valence-electron chi connectivity index (χ4n) is 2.86. The fraction of sp³-hybridized carbons (Fsp3) is 0.333. The van der Waals surface area contributed by atoms with Gasteiger partial charge >= 0.3 is 0 Å². The first kappa shape index (κ1) is 15.2. The van der Waals surface area contributed by atoms with E-state index in [9.17, 15) is 9.59 Å². The van der Waals surface area contributed by atoms with E-state index in [1.54, 1.807) is 35.7 Å². The smallest absolute Gasteiger partial charge is 0.249 e. The van der Waals surface area contributed by atoms with E-state index >= 15 is 0 Å². The third-order valence-corrected chi connectivity index (χ3v) is 7.11. The number of carbonyl (C=O) groups is 2. The monoisotopic (exact) mass is 365 g/mol. The minimum atomic E-state index is -0.298. The Bertz CT molecular complexity index is 821. The molecular weight excluding hydrogens is 354 g/mol. The van der Waals surface area contributed by atoms with E-state index in [4.69, 9.17) is 11.6 Å². The minimum Gasteiger partial charge on any atom is -0.273 e. The number of pyridine rings is 2. The van der Waals surface area contributed by atoms with Crippen LogP contribution in [0.5, 0.6) is 0 Å². The Labute approximate surface area is 146 Å². The van der Waals surface area contributed by atoms with Crippen molar-refractivity contribution in [1.29, 1.82) is 0 Å². The maximum atomic E-state index is 12.6. The molecule has 0 radical (unpaired) electrons. The lowest BCUT2D eigenvalue weighted by atomic mass is 10.2. The molecule has 2 amide bonds. The van der Waals surface area contributed by atoms with Crippen molar-refractivity contribution < 1.29 is 9.59 Å². The van der Waals surface area contributed by atoms with Crippen molar-refractivity contribution in [3.8, 4) is 0 Å². The molecule has 5 nitrogen and oxygen atoms in total. The number of thioether (sulfide) groups is 2. The normalized spacial score (nSPS) is 24.3. The number of aryl methyl sites for hydroxylation is 1. The van der Waals surface area contributed by atoms with Gasteiger partial charge in [0.2, 0.25) is 11.8 Å². The highest BCUT2D eigenvalue weighted by atomic mass is 35.5. The molecule has 0 aromatic carbocycles. The Morgan fingerprint density at radius 1 is 1.13 bits per heavy atom. The van der Waals surface area contributed by atoms with Gasteiger partial charge in [-0.1, -0.05) is 11.6 Å². The molecule has 118 valence electrons. The number of nitrogens with zero attached hydrogens (tertiary/aromatic N) is 3. The van der Waals surface area contributed by atoms with Crippen LogP contribution in [0.25, 0.3) is 11.0 Å². The Morgan fingerprint density at radius 3 is 2.43 bits per heavy atom. The number of hydrogen-bond donors (Lipinski definition) is 0. The van der Waals surface area contributed by atoms with E-state index in [1.807, 2.05) is 13.0 Å². The number of carbonyl (C=O) groups excluding carboxylic acids is 2. The summed E-state index contributed by atoms with van der Waals surface area (Å²) in [5.41, 5.74) is 1.40. The average molecular weight is 366 g/mol. The number of imide groups is 1. The number of halogens is 1. The fourth-order valence-corrected chi connectivity index (χ4v) is 5.93. The standard InChI is InChI=1S/C15H12ClN3O2S2/c1-7-6-9(16)17-13-8(7)2-3-10(18-13)19-14(20)11-12(15(19)21)23-5-4-22-11/h2-3,6,11-12H,4-5H2,1H3. The molecule has 2 saturated heterocycles. The van der Waals surface area contributed by atoms with Crippen molar-refractivity contribution in [3.05, 3.63) is 28.9 Å². The molecule has 2 aromatic rings. The summed E-state index contributed by atoms with van der Waals surface area (Å²) in [7, 11) is 0. The highest BCUT2D eigenvalue weighted by Crippen LogP contribution is 2.39. The van der Waals surface area contributed by atoms with E-state index < -0.39 is 0 Å². The number of anilines is 1. The third-order valence-electron chi connectivity index (χ3n) is 3.94. The third kappa shape index (κ3) is 2.42. The molecule has 2 aliphatic rings. The van der Waals surface area contributed by atoms with Gasteiger partial charge in [-0.15, -0.1) is 23.5 Å². The van der Waals surface area contributed by atoms with Gasteiger partial charge in [-0.3, -0.25) is 9.59 Å². The molecular formula is C15H12ClN3O2S2. The second-order valence-corrected chi connectivity index (χ2v) is 8.28. The molecule has 0 bridgehead atoms. The summed E-state index contributed by atoms with van der Waals surface area (Å²) < 4.78 is 0. The quantitative estimate of drug-likeness (QED) is 0.572. The van der Waals surface area contributed by atoms with E-state index in [0.717, 1.165) is 22.5 Å². The summed E-state index contributed by atoms with van der Waals surface area (Å²) in [4.78, 5) is 35.0. The van der Waals surface area contributed by atoms with E-state index in [1.165, 1.54) is 4.90 Å². The summed E-state index contributed by atoms with van der Waals surface area (Å²) in [6.07, 6.45) is 0. The zero-order chi connectivity index (χ0) is 16.1. The molecule has 4 rings (SSSR count). The SMILES string of the molecule is Cc1cc(Cl)nc2nc(N3C(=O)C4SCCSC4C3=O)ccc12. The number of aromatic nitrogens is 2. The molecule has 4 heterocycles. The maximum absolute atomic E-state index is 12.6. The van der Waals surface area contributed by atoms with Gasteiger partial charge < -0.3 is 0 Å². The van der Waals surface area contributed by atoms with Gasteiger partial charge in [0.05, 0.1) is 0 Å². The second-order valence-electron chi connectivity index (χ2n) is 5.40. The van der Waals surface area contributed by atoms with Crippen LogP contribution in [-0.2, 0) is 9.59 Å². The molecule has 0 spiro atoms. The first-order valence-electron chi connectivity index (χ1n) is 7.11. The Balaban J connectivity index is 1.79. The van der Waals surface area contributed by atoms with Crippen molar-refractivity contribution in [1.82, 2.24) is 9.97 Å². The molecule has 0 saturated carbocycles. The van der Waals surface area contributed by atoms with Crippen LogP contribution >= 0.6 is 35.1 Å². The van der Waals surface area contributed by atoms with Gasteiger partial charge in [-0.25, -0.2) is 14.9 Å². The van der Waals surface area contributed by atoms with Gasteiger partial charge in [0.25, 0.3) is 0 Å². The second kappa shape index (κ2) is 5.65. The molecule has 0 N–H and O–H groups in total. The van der Waals surface area contributed by atoms with Crippen molar-refractivity contribution >= 4 is 63.8 Å². The largest absolute Gasteiger partial charge is 0.273 e. The topological polar surface area (TPSA) is 63.2 Å². The number of rotatable bonds is 1. The lowest BCUT2D eigenvalue weighted by molar-refractivity contribution is -0.121. The molecule has 23 heavy (non-hydrogen) atoms. The lowest BCUT2D eigenvalue weighted by Crippen LogP contribution is -2.32. The van der Waals surface area contributed by atoms with Crippen LogP contribution in [0, 0.1) is 6.92 Å². The summed E-state index contributed by atoms with van der Waals surface area (Å²) in [6, 6.07) is 5.30. The molecule has 2 unspecified atom stereocenters. The van der Waals surface area contributed by atoms with Crippen molar-refractivity contribution in [3.63, 3.8) is 0 Å². The summed E-state index contributed by atoms with van der Waals surface area (Å²) in [5.74, 6) is 1.75. The number of amides is 2. The van der Waals surface area contributed by atoms with Crippen LogP contribution in [0.4, 0.5) is 5.82 Å². The summed E-state index contributed by atoms with van der Waals surface area (Å²) in [5, 5.41) is 0.609. The van der Waals surface area contributed by atoms with Crippen LogP contribution < -0.4 is 4.90 Å². The first-order chi connectivity index (χ1) is 11.1. The maximum Gasteiger partial charge on any atom is 0.249 e. The number of hydrogen-bond acceptors (Lipinski definition) is 6. The predicted molar refractivity (Wildman–Crippen MR) is 94.3 cm³/mol. The van der Waals surface area contributed by atoms with Crippen LogP contribution in [0.1, 0.15) is 5.56 Å². The van der Waals surface area contributed by atoms with Crippen molar-refractivity contribution in [2.45, 2.75) is 17.4 Å². The minimum absolute atomic E-state index is 0.178. The molecule has 8 heteroatoms. The molecule has 0 aliphatic carbocycles. The molecule has 2 atom stereocenters. The Hall–Kier alpha value is -1.31. The molecule has 2 aliphatic heterocycles. The Kier molecular flexibility index (Phi) is 3.74. The van der Waals surface area contributed by atoms with Crippen LogP contribution in [0.3, 0.4) is 0 Å². The zero-order valence-corrected chi connectivity index (χ0v) is 14.5. The van der Waals surface area contributed by atoms with Gasteiger partial charge in [0.15, 0.2) is 5.65 Å². The molecule has 2 aromatic heterocycles. The highest BCUT2D eigenvalue weighted by Gasteiger charge is 2.50. The van der Waals surface area contributed by atoms with Gasteiger partial charge in [-0.05, 0) is 30.7 Å². The summed E-state index contributed by atoms with van der Waals surface area (Å²) >= 11 is 9.10. The number of fused-ring (bicyclic) bond motifs is 2. The zero-order valence-electron chi connectivity index (χ0n) is 12.2. The highest BCUT2D eigenvalue weighted by molar-refractivity contribution is 8.08. The first-order valence-corrected chi connectivity index (χ1v) is 9.59. The van der Waals surface area contributed by atoms with E-state index in [2.05, 4.69) is 9.97 Å². The van der Waals surface area contributed by atoms with Crippen LogP contribution in [-0.4, -0.2) is 43.8 Å². The van der Waals surface area contributed by atoms with Gasteiger partial charge in [0.1, 0.15) is 21.5 Å². The van der Waals surface area contributed by atoms with Crippen LogP contribution in [0.15, 0.2) is 18.2 Å².